The summed E-state index contributed by atoms with van der Waals surface area (Å²) >= 11 is 0. The fourth-order valence-electron chi connectivity index (χ4n) is 4.57. The molecule has 0 unspecified atom stereocenters. The topological polar surface area (TPSA) is 30.5 Å². The Kier molecular flexibility index (Phi) is 6.66. The monoisotopic (exact) mass is 441 g/mol. The second kappa shape index (κ2) is 10.2. The molecule has 0 amide bonds. The molecule has 0 bridgehead atoms. The van der Waals surface area contributed by atoms with Crippen LogP contribution in [0.3, 0.4) is 0 Å². The highest BCUT2D eigenvalue weighted by molar-refractivity contribution is 5.89. The van der Waals surface area contributed by atoms with Crippen LogP contribution in [-0.4, -0.2) is 19.2 Å². The van der Waals surface area contributed by atoms with Crippen LogP contribution in [0.25, 0.3) is 10.8 Å². The first-order chi connectivity index (χ1) is 16.3. The van der Waals surface area contributed by atoms with Gasteiger partial charge in [0.05, 0.1) is 12.7 Å². The van der Waals surface area contributed by atoms with E-state index in [0.717, 1.165) is 52.7 Å². The molecule has 1 saturated heterocycles. The van der Waals surface area contributed by atoms with Crippen LogP contribution in [0, 0.1) is 5.82 Å². The van der Waals surface area contributed by atoms with Crippen LogP contribution < -0.4 is 10.1 Å². The zero-order chi connectivity index (χ0) is 22.5. The van der Waals surface area contributed by atoms with Crippen molar-refractivity contribution in [3.05, 3.63) is 114 Å². The molecule has 1 heterocycles. The number of rotatable bonds is 7. The number of fused-ring (bicyclic) bond motifs is 1. The first-order valence-electron chi connectivity index (χ1n) is 11.5. The molecule has 0 radical (unpaired) electrons. The third-order valence-corrected chi connectivity index (χ3v) is 6.31. The standard InChI is InChI=1S/C29H28FNO2/c30-25-12-10-23(11-13-25)27-14-15-31-18-29(27)33-20-22-16-24-8-4-5-9-26(24)28(17-22)32-19-21-6-2-1-3-7-21/h1-13,16-17,27,29,31H,14-15,18-20H2/t27-,29+/m0/s1. The Hall–Kier alpha value is -3.21. The second-order valence-corrected chi connectivity index (χ2v) is 8.59. The average Bonchev–Trinajstić information content (AvgIpc) is 2.87. The number of benzene rings is 4. The highest BCUT2D eigenvalue weighted by Crippen LogP contribution is 2.31. The first-order valence-corrected chi connectivity index (χ1v) is 11.5. The van der Waals surface area contributed by atoms with Gasteiger partial charge in [0.1, 0.15) is 18.2 Å². The van der Waals surface area contributed by atoms with Gasteiger partial charge in [-0.1, -0.05) is 66.7 Å². The van der Waals surface area contributed by atoms with E-state index in [1.54, 1.807) is 0 Å². The zero-order valence-electron chi connectivity index (χ0n) is 18.5. The largest absolute Gasteiger partial charge is 0.488 e. The molecule has 4 heteroatoms. The first kappa shape index (κ1) is 21.6. The van der Waals surface area contributed by atoms with Crippen LogP contribution in [0.15, 0.2) is 91.0 Å². The van der Waals surface area contributed by atoms with Gasteiger partial charge in [-0.05, 0) is 59.3 Å². The summed E-state index contributed by atoms with van der Waals surface area (Å²) in [5.41, 5.74) is 3.35. The molecule has 5 rings (SSSR count). The Morgan fingerprint density at radius 3 is 2.45 bits per heavy atom. The molecule has 33 heavy (non-hydrogen) atoms. The average molecular weight is 442 g/mol. The summed E-state index contributed by atoms with van der Waals surface area (Å²) in [6.07, 6.45) is 1.00. The minimum Gasteiger partial charge on any atom is -0.488 e. The van der Waals surface area contributed by atoms with E-state index in [4.69, 9.17) is 9.47 Å². The third kappa shape index (κ3) is 5.24. The number of hydrogen-bond acceptors (Lipinski definition) is 3. The van der Waals surface area contributed by atoms with Crippen molar-refractivity contribution in [2.24, 2.45) is 0 Å². The number of ether oxygens (including phenoxy) is 2. The molecule has 4 aromatic carbocycles. The lowest BCUT2D eigenvalue weighted by Gasteiger charge is -2.32. The van der Waals surface area contributed by atoms with Crippen molar-refractivity contribution in [1.82, 2.24) is 5.32 Å². The van der Waals surface area contributed by atoms with Crippen LogP contribution in [0.4, 0.5) is 4.39 Å². The molecular formula is C29H28FNO2. The van der Waals surface area contributed by atoms with E-state index >= 15 is 0 Å². The van der Waals surface area contributed by atoms with Crippen molar-refractivity contribution in [3.8, 4) is 5.75 Å². The van der Waals surface area contributed by atoms with E-state index in [0.29, 0.717) is 13.2 Å². The summed E-state index contributed by atoms with van der Waals surface area (Å²) in [5, 5.41) is 5.67. The predicted octanol–water partition coefficient (Wildman–Crippen LogP) is 6.22. The Bertz CT molecular complexity index is 1190. The Morgan fingerprint density at radius 1 is 0.818 bits per heavy atom. The second-order valence-electron chi connectivity index (χ2n) is 8.59. The molecule has 0 aliphatic carbocycles. The minimum absolute atomic E-state index is 0.0318. The van der Waals surface area contributed by atoms with Crippen LogP contribution in [-0.2, 0) is 18.0 Å². The van der Waals surface area contributed by atoms with Gasteiger partial charge in [0.25, 0.3) is 0 Å². The summed E-state index contributed by atoms with van der Waals surface area (Å²) in [6.45, 7) is 2.74. The number of piperidine rings is 1. The van der Waals surface area contributed by atoms with Crippen molar-refractivity contribution in [2.45, 2.75) is 31.7 Å². The molecular weight excluding hydrogens is 413 g/mol. The Balaban J connectivity index is 1.34. The smallest absolute Gasteiger partial charge is 0.127 e. The third-order valence-electron chi connectivity index (χ3n) is 6.31. The maximum Gasteiger partial charge on any atom is 0.127 e. The van der Waals surface area contributed by atoms with Gasteiger partial charge in [0, 0.05) is 17.8 Å². The van der Waals surface area contributed by atoms with Gasteiger partial charge < -0.3 is 14.8 Å². The Morgan fingerprint density at radius 2 is 1.61 bits per heavy atom. The van der Waals surface area contributed by atoms with Crippen LogP contribution in [0.2, 0.25) is 0 Å². The van der Waals surface area contributed by atoms with Gasteiger partial charge in [-0.2, -0.15) is 0 Å². The molecule has 2 atom stereocenters. The quantitative estimate of drug-likeness (QED) is 0.369. The lowest BCUT2D eigenvalue weighted by Crippen LogP contribution is -2.40. The fraction of sp³-hybridized carbons (Fsp3) is 0.241. The molecule has 0 aromatic heterocycles. The van der Waals surface area contributed by atoms with Crippen LogP contribution in [0.5, 0.6) is 5.75 Å². The van der Waals surface area contributed by atoms with E-state index < -0.39 is 0 Å². The Labute approximate surface area is 194 Å². The van der Waals surface area contributed by atoms with Crippen molar-refractivity contribution in [2.75, 3.05) is 13.1 Å². The zero-order valence-corrected chi connectivity index (χ0v) is 18.5. The van der Waals surface area contributed by atoms with E-state index in [1.807, 2.05) is 42.5 Å². The van der Waals surface area contributed by atoms with Crippen molar-refractivity contribution >= 4 is 10.8 Å². The summed E-state index contributed by atoms with van der Waals surface area (Å²) in [5.74, 6) is 0.915. The molecule has 1 aliphatic heterocycles. The fourth-order valence-corrected chi connectivity index (χ4v) is 4.57. The minimum atomic E-state index is -0.204. The van der Waals surface area contributed by atoms with Gasteiger partial charge in [0.2, 0.25) is 0 Å². The predicted molar refractivity (Wildman–Crippen MR) is 130 cm³/mol. The van der Waals surface area contributed by atoms with Crippen molar-refractivity contribution in [1.29, 1.82) is 0 Å². The van der Waals surface area contributed by atoms with Gasteiger partial charge in [-0.15, -0.1) is 0 Å². The molecule has 1 fully saturated rings. The highest BCUT2D eigenvalue weighted by atomic mass is 19.1. The molecule has 1 aliphatic rings. The summed E-state index contributed by atoms with van der Waals surface area (Å²) in [4.78, 5) is 0. The lowest BCUT2D eigenvalue weighted by atomic mass is 9.88. The summed E-state index contributed by atoms with van der Waals surface area (Å²) < 4.78 is 26.1. The van der Waals surface area contributed by atoms with Crippen LogP contribution in [0.1, 0.15) is 29.0 Å². The lowest BCUT2D eigenvalue weighted by molar-refractivity contribution is 0.0106. The van der Waals surface area contributed by atoms with Crippen molar-refractivity contribution in [3.63, 3.8) is 0 Å². The normalized spacial score (nSPS) is 18.3. The van der Waals surface area contributed by atoms with E-state index in [9.17, 15) is 4.39 Å². The molecule has 168 valence electrons. The highest BCUT2D eigenvalue weighted by Gasteiger charge is 2.27. The molecule has 1 N–H and O–H groups in total. The molecule has 0 spiro atoms. The van der Waals surface area contributed by atoms with Gasteiger partial charge in [-0.3, -0.25) is 0 Å². The maximum atomic E-state index is 13.4. The van der Waals surface area contributed by atoms with Crippen molar-refractivity contribution < 1.29 is 13.9 Å². The maximum absolute atomic E-state index is 13.4. The number of nitrogens with one attached hydrogen (secondary N) is 1. The molecule has 3 nitrogen and oxygen atoms in total. The van der Waals surface area contributed by atoms with Gasteiger partial charge >= 0.3 is 0 Å². The number of halogens is 1. The number of hydrogen-bond donors (Lipinski definition) is 1. The SMILES string of the molecule is Fc1ccc([C@@H]2CCNC[C@H]2OCc2cc(OCc3ccccc3)c3ccccc3c2)cc1. The summed E-state index contributed by atoms with van der Waals surface area (Å²) in [6, 6.07) is 29.6. The van der Waals surface area contributed by atoms with E-state index in [-0.39, 0.29) is 17.8 Å². The molecule has 0 saturated carbocycles. The van der Waals surface area contributed by atoms with Crippen LogP contribution >= 0.6 is 0 Å². The van der Waals surface area contributed by atoms with E-state index in [1.165, 1.54) is 12.1 Å². The van der Waals surface area contributed by atoms with Gasteiger partial charge in [0.15, 0.2) is 0 Å². The van der Waals surface area contributed by atoms with Gasteiger partial charge in [-0.25, -0.2) is 4.39 Å². The van der Waals surface area contributed by atoms with E-state index in [2.05, 4.69) is 41.7 Å². The summed E-state index contributed by atoms with van der Waals surface area (Å²) in [7, 11) is 0. The molecule has 4 aromatic rings.